The third kappa shape index (κ3) is 7.65. The molecule has 3 aromatic carbocycles. The number of nitrogens with two attached hydrogens (primary N) is 1. The summed E-state index contributed by atoms with van der Waals surface area (Å²) in [4.78, 5) is 54.4. The quantitative estimate of drug-likeness (QED) is 0.177. The number of pyridine rings is 1. The molecule has 48 heavy (non-hydrogen) atoms. The highest BCUT2D eigenvalue weighted by Crippen LogP contribution is 2.42. The number of ether oxygens (including phenoxy) is 1. The molecule has 0 aliphatic heterocycles. The van der Waals surface area contributed by atoms with Crippen molar-refractivity contribution in [3.63, 3.8) is 0 Å². The molecule has 250 valence electrons. The summed E-state index contributed by atoms with van der Waals surface area (Å²) in [5, 5.41) is 10.7. The van der Waals surface area contributed by atoms with Crippen molar-refractivity contribution in [1.29, 1.82) is 0 Å². The van der Waals surface area contributed by atoms with Gasteiger partial charge in [-0.15, -0.1) is 0 Å². The summed E-state index contributed by atoms with van der Waals surface area (Å²) in [6, 6.07) is 22.5. The Morgan fingerprint density at radius 1 is 0.938 bits per heavy atom. The van der Waals surface area contributed by atoms with Gasteiger partial charge in [0.1, 0.15) is 23.3 Å². The number of hydrogen-bond donors (Lipinski definition) is 2. The predicted molar refractivity (Wildman–Crippen MR) is 181 cm³/mol. The van der Waals surface area contributed by atoms with Crippen LogP contribution in [0.2, 0.25) is 0 Å². The minimum atomic E-state index is -1.21. The van der Waals surface area contributed by atoms with Crippen LogP contribution in [0.5, 0.6) is 0 Å². The number of nitrogens with zero attached hydrogens (tertiary/aromatic N) is 2. The van der Waals surface area contributed by atoms with E-state index in [4.69, 9.17) is 10.5 Å². The van der Waals surface area contributed by atoms with E-state index in [0.717, 1.165) is 31.2 Å². The van der Waals surface area contributed by atoms with E-state index in [2.05, 4.69) is 0 Å². The van der Waals surface area contributed by atoms with Gasteiger partial charge < -0.3 is 15.6 Å². The molecule has 1 aliphatic carbocycles. The largest absolute Gasteiger partial charge is 0.480 e. The lowest BCUT2D eigenvalue weighted by molar-refractivity contribution is -0.145. The molecule has 2 unspecified atom stereocenters. The first-order chi connectivity index (χ1) is 22.8. The van der Waals surface area contributed by atoms with Gasteiger partial charge in [-0.1, -0.05) is 55.3 Å². The fourth-order valence-corrected chi connectivity index (χ4v) is 6.50. The Kier molecular flexibility index (Phi) is 10.1. The molecule has 1 aliphatic rings. The van der Waals surface area contributed by atoms with E-state index >= 15 is 0 Å². The number of aliphatic carboxylic acids is 1. The maximum Gasteiger partial charge on any atom is 0.411 e. The molecule has 1 amide bonds. The second-order valence-electron chi connectivity index (χ2n) is 13.2. The Bertz CT molecular complexity index is 1830. The van der Waals surface area contributed by atoms with E-state index in [0.29, 0.717) is 11.3 Å². The van der Waals surface area contributed by atoms with E-state index < -0.39 is 46.8 Å². The first kappa shape index (κ1) is 34.1. The van der Waals surface area contributed by atoms with Crippen LogP contribution in [0.4, 0.5) is 15.0 Å². The molecule has 9 nitrogen and oxygen atoms in total. The Morgan fingerprint density at radius 3 is 2.15 bits per heavy atom. The second-order valence-corrected chi connectivity index (χ2v) is 13.2. The SMILES string of the molecule is CC(C)(C)OC(=O)N(Cc1ccc(-n2c(N)c(C(=O)c3ccc(F)cc3)ccc2=O)cc1)C(C(=O)O)C(c1ccccc1)C1CCCC1. The summed E-state index contributed by atoms with van der Waals surface area (Å²) in [6.07, 6.45) is 2.96. The fourth-order valence-electron chi connectivity index (χ4n) is 6.50. The number of halogens is 1. The van der Waals surface area contributed by atoms with Gasteiger partial charge >= 0.3 is 12.1 Å². The normalized spacial score (nSPS) is 14.7. The number of carbonyl (C=O) groups excluding carboxylic acids is 2. The van der Waals surface area contributed by atoms with Gasteiger partial charge in [-0.2, -0.15) is 0 Å². The van der Waals surface area contributed by atoms with Crippen molar-refractivity contribution in [2.45, 2.75) is 70.6 Å². The zero-order chi connectivity index (χ0) is 34.6. The first-order valence-electron chi connectivity index (χ1n) is 16.0. The molecule has 2 atom stereocenters. The number of benzene rings is 3. The van der Waals surface area contributed by atoms with E-state index in [-0.39, 0.29) is 29.4 Å². The van der Waals surface area contributed by atoms with Gasteiger partial charge in [0.15, 0.2) is 5.78 Å². The fraction of sp³-hybridized carbons (Fsp3) is 0.316. The number of nitrogen functional groups attached to an aromatic ring is 1. The number of rotatable bonds is 10. The van der Waals surface area contributed by atoms with Crippen molar-refractivity contribution < 1.29 is 28.6 Å². The summed E-state index contributed by atoms with van der Waals surface area (Å²) >= 11 is 0. The van der Waals surface area contributed by atoms with Crippen LogP contribution < -0.4 is 11.3 Å². The number of carboxylic acid groups (broad SMARTS) is 1. The molecule has 1 fully saturated rings. The molecule has 3 N–H and O–H groups in total. The van der Waals surface area contributed by atoms with Gasteiger partial charge in [0.2, 0.25) is 0 Å². The molecule has 5 rings (SSSR count). The lowest BCUT2D eigenvalue weighted by atomic mass is 9.78. The Balaban J connectivity index is 1.50. The van der Waals surface area contributed by atoms with Crippen LogP contribution in [-0.4, -0.2) is 44.1 Å². The lowest BCUT2D eigenvalue weighted by Crippen LogP contribution is -2.51. The summed E-state index contributed by atoms with van der Waals surface area (Å²) in [5.74, 6) is -2.56. The van der Waals surface area contributed by atoms with Crippen LogP contribution in [0, 0.1) is 11.7 Å². The van der Waals surface area contributed by atoms with Crippen LogP contribution >= 0.6 is 0 Å². The third-order valence-corrected chi connectivity index (χ3v) is 8.68. The molecule has 0 saturated heterocycles. The summed E-state index contributed by atoms with van der Waals surface area (Å²) in [6.45, 7) is 5.12. The number of hydrogen-bond acceptors (Lipinski definition) is 6. The van der Waals surface area contributed by atoms with Crippen molar-refractivity contribution in [1.82, 2.24) is 9.47 Å². The smallest absolute Gasteiger partial charge is 0.411 e. The van der Waals surface area contributed by atoms with E-state index in [1.54, 1.807) is 45.0 Å². The second kappa shape index (κ2) is 14.3. The average molecular weight is 654 g/mol. The highest BCUT2D eigenvalue weighted by Gasteiger charge is 2.43. The summed E-state index contributed by atoms with van der Waals surface area (Å²) < 4.78 is 20.4. The molecule has 1 saturated carbocycles. The predicted octanol–water partition coefficient (Wildman–Crippen LogP) is 6.95. The average Bonchev–Trinajstić information content (AvgIpc) is 3.57. The van der Waals surface area contributed by atoms with Gasteiger partial charge in [0.05, 0.1) is 11.3 Å². The van der Waals surface area contributed by atoms with Crippen LogP contribution in [0.1, 0.15) is 79.4 Å². The first-order valence-corrected chi connectivity index (χ1v) is 16.0. The highest BCUT2D eigenvalue weighted by molar-refractivity contribution is 6.11. The third-order valence-electron chi connectivity index (χ3n) is 8.68. The van der Waals surface area contributed by atoms with Crippen molar-refractivity contribution in [3.05, 3.63) is 129 Å². The molecule has 1 heterocycles. The van der Waals surface area contributed by atoms with Crippen molar-refractivity contribution in [2.24, 2.45) is 5.92 Å². The van der Waals surface area contributed by atoms with Crippen LogP contribution in [0.3, 0.4) is 0 Å². The number of aromatic nitrogens is 1. The van der Waals surface area contributed by atoms with Crippen molar-refractivity contribution >= 4 is 23.7 Å². The van der Waals surface area contributed by atoms with Gasteiger partial charge in [0.25, 0.3) is 5.56 Å². The van der Waals surface area contributed by atoms with Crippen molar-refractivity contribution in [3.8, 4) is 5.69 Å². The van der Waals surface area contributed by atoms with E-state index in [1.165, 1.54) is 45.9 Å². The Labute approximate surface area is 278 Å². The Morgan fingerprint density at radius 2 is 1.56 bits per heavy atom. The zero-order valence-corrected chi connectivity index (χ0v) is 27.3. The molecule has 4 aromatic rings. The maximum absolute atomic E-state index is 13.8. The molecular weight excluding hydrogens is 613 g/mol. The standard InChI is InChI=1S/C38H40FN3O6/c1-38(2,3)48-37(47)41(33(36(45)46)32(26-11-7-8-12-26)25-9-5-4-6-10-25)23-24-13-19-29(20-14-24)42-31(43)22-21-30(35(42)40)34(44)27-15-17-28(39)18-16-27/h4-6,9-10,13-22,26,32-33H,7-8,11-12,23,40H2,1-3H3,(H,45,46). The van der Waals surface area contributed by atoms with Gasteiger partial charge in [-0.25, -0.2) is 14.0 Å². The molecule has 1 aromatic heterocycles. The number of carboxylic acids is 1. The molecule has 10 heteroatoms. The maximum atomic E-state index is 13.8. The zero-order valence-electron chi connectivity index (χ0n) is 27.3. The Hall–Kier alpha value is -5.25. The van der Waals surface area contributed by atoms with Crippen LogP contribution in [0.25, 0.3) is 5.69 Å². The highest BCUT2D eigenvalue weighted by atomic mass is 19.1. The lowest BCUT2D eigenvalue weighted by Gasteiger charge is -2.38. The van der Waals surface area contributed by atoms with Crippen LogP contribution in [-0.2, 0) is 16.1 Å². The number of ketones is 1. The van der Waals surface area contributed by atoms with Gasteiger partial charge in [-0.05, 0) is 93.1 Å². The van der Waals surface area contributed by atoms with E-state index in [1.807, 2.05) is 30.3 Å². The number of amides is 1. The molecule has 0 spiro atoms. The molecule has 0 radical (unpaired) electrons. The van der Waals surface area contributed by atoms with Crippen molar-refractivity contribution in [2.75, 3.05) is 5.73 Å². The summed E-state index contributed by atoms with van der Waals surface area (Å²) in [7, 11) is 0. The van der Waals surface area contributed by atoms with E-state index in [9.17, 15) is 28.7 Å². The topological polar surface area (TPSA) is 132 Å². The van der Waals surface area contributed by atoms with Crippen LogP contribution in [0.15, 0.2) is 95.8 Å². The number of carbonyl (C=O) groups is 3. The molecular formula is C38H40FN3O6. The minimum absolute atomic E-state index is 0.0700. The summed E-state index contributed by atoms with van der Waals surface area (Å²) in [5.41, 5.74) is 7.11. The minimum Gasteiger partial charge on any atom is -0.480 e. The number of anilines is 1. The van der Waals surface area contributed by atoms with Gasteiger partial charge in [-0.3, -0.25) is 19.1 Å². The molecule has 0 bridgehead atoms. The van der Waals surface area contributed by atoms with Gasteiger partial charge in [0, 0.05) is 24.1 Å². The monoisotopic (exact) mass is 653 g/mol.